The Balaban J connectivity index is 0.000000377. The van der Waals surface area contributed by atoms with Crippen LogP contribution in [0.15, 0.2) is 0 Å². The Kier molecular flexibility index (Phi) is 10.7. The van der Waals surface area contributed by atoms with Gasteiger partial charge in [-0.05, 0) is 45.9 Å². The van der Waals surface area contributed by atoms with Crippen molar-refractivity contribution in [1.82, 2.24) is 14.7 Å². The van der Waals surface area contributed by atoms with Crippen molar-refractivity contribution in [3.05, 3.63) is 0 Å². The molecule has 0 saturated carbocycles. The fourth-order valence-electron chi connectivity index (χ4n) is 2.38. The van der Waals surface area contributed by atoms with Crippen LogP contribution in [0.1, 0.15) is 26.2 Å². The molecule has 20 heavy (non-hydrogen) atoms. The summed E-state index contributed by atoms with van der Waals surface area (Å²) in [4.78, 5) is 17.2. The average molecular weight is 283 g/mol. The number of piperazine rings is 1. The molecule has 0 aromatic rings. The van der Waals surface area contributed by atoms with Gasteiger partial charge in [-0.25, -0.2) is 10.1 Å². The minimum atomic E-state index is -0.286. The average Bonchev–Trinajstić information content (AvgIpc) is 2.94. The van der Waals surface area contributed by atoms with Gasteiger partial charge in [0.05, 0.1) is 0 Å². The number of nitriles is 1. The molecule has 2 N–H and O–H groups in total. The highest BCUT2D eigenvalue weighted by atomic mass is 16.2. The Morgan fingerprint density at radius 1 is 1.10 bits per heavy atom. The van der Waals surface area contributed by atoms with E-state index in [9.17, 15) is 4.79 Å². The lowest BCUT2D eigenvalue weighted by Gasteiger charge is -2.33. The molecular weight excluding hydrogens is 254 g/mol. The Morgan fingerprint density at radius 3 is 1.90 bits per heavy atom. The van der Waals surface area contributed by atoms with Crippen molar-refractivity contribution in [2.45, 2.75) is 26.2 Å². The highest BCUT2D eigenvalue weighted by Crippen LogP contribution is 2.02. The van der Waals surface area contributed by atoms with Gasteiger partial charge in [0.1, 0.15) is 0 Å². The highest BCUT2D eigenvalue weighted by molar-refractivity contribution is 5.72. The van der Waals surface area contributed by atoms with Crippen molar-refractivity contribution in [3.8, 4) is 6.57 Å². The molecule has 6 heteroatoms. The molecule has 0 spiro atoms. The molecule has 0 radical (unpaired) electrons. The summed E-state index contributed by atoms with van der Waals surface area (Å²) in [5, 5.41) is 6.50. The number of carbonyl (C=O) groups is 1. The summed E-state index contributed by atoms with van der Waals surface area (Å²) in [5.41, 5.74) is 5.16. The summed E-state index contributed by atoms with van der Waals surface area (Å²) < 4.78 is 0. The molecule has 0 aromatic carbocycles. The fourth-order valence-corrected chi connectivity index (χ4v) is 2.38. The Hall–Kier alpha value is -1.32. The van der Waals surface area contributed by atoms with Gasteiger partial charge in [-0.15, -0.1) is 0 Å². The van der Waals surface area contributed by atoms with E-state index in [2.05, 4.69) is 30.3 Å². The van der Waals surface area contributed by atoms with Gasteiger partial charge in [0.15, 0.2) is 0 Å². The van der Waals surface area contributed by atoms with Gasteiger partial charge in [-0.1, -0.05) is 6.92 Å². The predicted octanol–water partition coefficient (Wildman–Crippen LogP) is 0.944. The first-order valence-corrected chi connectivity index (χ1v) is 7.34. The molecule has 0 bridgehead atoms. The summed E-state index contributed by atoms with van der Waals surface area (Å²) in [7, 11) is 2.17. The topological polar surface area (TPSA) is 76.6 Å². The van der Waals surface area contributed by atoms with E-state index in [-0.39, 0.29) is 6.03 Å². The van der Waals surface area contributed by atoms with Crippen LogP contribution in [-0.4, -0.2) is 73.6 Å². The SMILES string of the molecule is C#N.CCCN1CCN(C(N)=O)CC1.CN1CCCC1. The molecule has 0 aromatic heterocycles. The Labute approximate surface area is 123 Å². The lowest BCUT2D eigenvalue weighted by atomic mass is 10.3. The standard InChI is InChI=1S/C8H17N3O.C5H11N.CHN/c1-2-3-10-4-6-11(7-5-10)8(9)12;1-6-4-2-3-5-6;1-2/h2-7H2,1H3,(H2,9,12);2-5H2,1H3;1H. The molecule has 116 valence electrons. The zero-order chi connectivity index (χ0) is 15.4. The molecule has 0 aliphatic carbocycles. The van der Waals surface area contributed by atoms with Crippen LogP contribution in [0.5, 0.6) is 0 Å². The maximum atomic E-state index is 10.7. The van der Waals surface area contributed by atoms with Crippen LogP contribution in [-0.2, 0) is 0 Å². The number of carbonyl (C=O) groups excluding carboxylic acids is 1. The highest BCUT2D eigenvalue weighted by Gasteiger charge is 2.17. The molecular formula is C14H29N5O. The van der Waals surface area contributed by atoms with E-state index < -0.39 is 0 Å². The number of nitrogens with zero attached hydrogens (tertiary/aromatic N) is 4. The molecule has 2 amide bonds. The van der Waals surface area contributed by atoms with Gasteiger partial charge in [0.25, 0.3) is 0 Å². The first-order valence-electron chi connectivity index (χ1n) is 7.34. The number of nitrogens with two attached hydrogens (primary N) is 1. The first-order chi connectivity index (χ1) is 9.63. The lowest BCUT2D eigenvalue weighted by Crippen LogP contribution is -2.50. The number of rotatable bonds is 2. The third kappa shape index (κ3) is 7.97. The number of primary amides is 1. The molecule has 0 atom stereocenters. The van der Waals surface area contributed by atoms with Gasteiger partial charge in [0.2, 0.25) is 0 Å². The summed E-state index contributed by atoms with van der Waals surface area (Å²) in [6, 6.07) is -0.286. The second-order valence-electron chi connectivity index (χ2n) is 5.18. The molecule has 6 nitrogen and oxygen atoms in total. The van der Waals surface area contributed by atoms with Crippen molar-refractivity contribution in [3.63, 3.8) is 0 Å². The van der Waals surface area contributed by atoms with Crippen LogP contribution < -0.4 is 5.73 Å². The summed E-state index contributed by atoms with van der Waals surface area (Å²) >= 11 is 0. The summed E-state index contributed by atoms with van der Waals surface area (Å²) in [6.45, 7) is 12.9. The number of hydrogen-bond acceptors (Lipinski definition) is 4. The maximum absolute atomic E-state index is 10.7. The summed E-state index contributed by atoms with van der Waals surface area (Å²) in [5.74, 6) is 0. The monoisotopic (exact) mass is 283 g/mol. The van der Waals surface area contributed by atoms with E-state index in [4.69, 9.17) is 11.0 Å². The third-order valence-electron chi connectivity index (χ3n) is 3.55. The van der Waals surface area contributed by atoms with E-state index in [0.717, 1.165) is 32.7 Å². The minimum absolute atomic E-state index is 0.286. The van der Waals surface area contributed by atoms with E-state index >= 15 is 0 Å². The third-order valence-corrected chi connectivity index (χ3v) is 3.55. The predicted molar refractivity (Wildman–Crippen MR) is 81.3 cm³/mol. The largest absolute Gasteiger partial charge is 0.351 e. The molecule has 2 aliphatic rings. The zero-order valence-corrected chi connectivity index (χ0v) is 12.9. The molecule has 2 saturated heterocycles. The van der Waals surface area contributed by atoms with Crippen molar-refractivity contribution < 1.29 is 4.79 Å². The quantitative estimate of drug-likeness (QED) is 0.818. The fraction of sp³-hybridized carbons (Fsp3) is 0.857. The van der Waals surface area contributed by atoms with E-state index in [1.165, 1.54) is 32.4 Å². The van der Waals surface area contributed by atoms with Crippen LogP contribution in [0.25, 0.3) is 0 Å². The normalized spacial score (nSPS) is 19.5. The number of likely N-dealkylation sites (tertiary alicyclic amines) is 1. The van der Waals surface area contributed by atoms with Gasteiger partial charge >= 0.3 is 6.03 Å². The van der Waals surface area contributed by atoms with Gasteiger partial charge < -0.3 is 15.5 Å². The summed E-state index contributed by atoms with van der Waals surface area (Å²) in [6.07, 6.45) is 4.00. The van der Waals surface area contributed by atoms with Gasteiger partial charge in [0, 0.05) is 32.8 Å². The van der Waals surface area contributed by atoms with Crippen LogP contribution in [0.4, 0.5) is 4.79 Å². The van der Waals surface area contributed by atoms with Crippen LogP contribution in [0, 0.1) is 11.8 Å². The minimum Gasteiger partial charge on any atom is -0.351 e. The van der Waals surface area contributed by atoms with Crippen molar-refractivity contribution in [2.24, 2.45) is 5.73 Å². The van der Waals surface area contributed by atoms with Crippen molar-refractivity contribution in [2.75, 3.05) is 52.9 Å². The van der Waals surface area contributed by atoms with E-state index in [0.29, 0.717) is 0 Å². The van der Waals surface area contributed by atoms with E-state index in [1.54, 1.807) is 4.90 Å². The second-order valence-corrected chi connectivity index (χ2v) is 5.18. The second kappa shape index (κ2) is 11.5. The van der Waals surface area contributed by atoms with Gasteiger partial charge in [-0.3, -0.25) is 4.90 Å². The van der Waals surface area contributed by atoms with Crippen LogP contribution in [0.2, 0.25) is 0 Å². The molecule has 2 aliphatic heterocycles. The van der Waals surface area contributed by atoms with Crippen LogP contribution in [0.3, 0.4) is 0 Å². The number of amides is 2. The molecule has 0 unspecified atom stereocenters. The number of hydrogen-bond donors (Lipinski definition) is 1. The molecule has 2 fully saturated rings. The van der Waals surface area contributed by atoms with E-state index in [1.807, 2.05) is 0 Å². The molecule has 2 rings (SSSR count). The smallest absolute Gasteiger partial charge is 0.314 e. The Morgan fingerprint density at radius 2 is 1.60 bits per heavy atom. The number of urea groups is 1. The zero-order valence-electron chi connectivity index (χ0n) is 12.9. The van der Waals surface area contributed by atoms with Crippen molar-refractivity contribution >= 4 is 6.03 Å². The lowest BCUT2D eigenvalue weighted by molar-refractivity contribution is 0.145. The maximum Gasteiger partial charge on any atom is 0.314 e. The molecule has 2 heterocycles. The van der Waals surface area contributed by atoms with Crippen LogP contribution >= 0.6 is 0 Å². The Bertz CT molecular complexity index is 268. The van der Waals surface area contributed by atoms with Crippen molar-refractivity contribution in [1.29, 1.82) is 5.26 Å². The van der Waals surface area contributed by atoms with Gasteiger partial charge in [-0.2, -0.15) is 0 Å². The first kappa shape index (κ1) is 18.7.